The van der Waals surface area contributed by atoms with Crippen LogP contribution >= 0.6 is 35.7 Å². The third-order valence-corrected chi connectivity index (χ3v) is 14.3. The summed E-state index contributed by atoms with van der Waals surface area (Å²) in [7, 11) is 3.93. The summed E-state index contributed by atoms with van der Waals surface area (Å²) in [6.45, 7) is 16.6. The van der Waals surface area contributed by atoms with E-state index in [1.165, 1.54) is 24.4 Å². The number of aliphatic hydroxyl groups excluding tert-OH is 4. The fourth-order valence-electron chi connectivity index (χ4n) is 8.77. The van der Waals surface area contributed by atoms with E-state index in [1.54, 1.807) is 18.0 Å². The van der Waals surface area contributed by atoms with Gasteiger partial charge in [0, 0.05) is 42.9 Å². The largest absolute Gasteiger partial charge is 0.490 e. The van der Waals surface area contributed by atoms with Gasteiger partial charge in [0.1, 0.15) is 35.3 Å². The molecule has 0 saturated carbocycles. The van der Waals surface area contributed by atoms with Crippen molar-refractivity contribution in [1.29, 1.82) is 0 Å². The summed E-state index contributed by atoms with van der Waals surface area (Å²) in [5.74, 6) is -0.658. The van der Waals surface area contributed by atoms with Crippen molar-refractivity contribution in [2.45, 2.75) is 166 Å². The molecule has 69 heavy (non-hydrogen) atoms. The lowest BCUT2D eigenvalue weighted by Gasteiger charge is -2.46. The van der Waals surface area contributed by atoms with Crippen molar-refractivity contribution in [2.24, 2.45) is 34.7 Å². The smallest absolute Gasteiger partial charge is 0.475 e. The Hall–Kier alpha value is -1.91. The summed E-state index contributed by atoms with van der Waals surface area (Å²) in [5, 5.41) is 69.2. The van der Waals surface area contributed by atoms with Gasteiger partial charge in [-0.15, -0.1) is 23.5 Å². The lowest BCUT2D eigenvalue weighted by molar-refractivity contribution is -0.204. The number of nitrogens with zero attached hydrogens (tertiary/aromatic N) is 5. The summed E-state index contributed by atoms with van der Waals surface area (Å²) >= 11 is 3.15. The van der Waals surface area contributed by atoms with Gasteiger partial charge in [-0.1, -0.05) is 73.8 Å². The minimum absolute atomic E-state index is 0. The van der Waals surface area contributed by atoms with Crippen molar-refractivity contribution in [3.8, 4) is 0 Å². The van der Waals surface area contributed by atoms with Crippen LogP contribution in [0.25, 0.3) is 10.4 Å². The average molecular weight is 1060 g/mol. The van der Waals surface area contributed by atoms with Crippen LogP contribution in [0, 0.1) is 29.6 Å². The molecule has 410 valence electrons. The summed E-state index contributed by atoms with van der Waals surface area (Å²) in [6, 6.07) is -1.57. The van der Waals surface area contributed by atoms with Gasteiger partial charge < -0.3 is 45.6 Å². The molecule has 0 aromatic heterocycles. The van der Waals surface area contributed by atoms with E-state index < -0.39 is 48.0 Å². The highest BCUT2D eigenvalue weighted by atomic mass is 32.2. The Morgan fingerprint density at radius 3 is 1.55 bits per heavy atom. The molecule has 4 saturated heterocycles. The molecule has 4 unspecified atom stereocenters. The highest BCUT2D eigenvalue weighted by Gasteiger charge is 2.48. The van der Waals surface area contributed by atoms with Gasteiger partial charge in [-0.3, -0.25) is 29.9 Å². The number of carbonyl (C=O) groups is 3. The molecule has 4 aliphatic rings. The minimum atomic E-state index is -5.08. The van der Waals surface area contributed by atoms with Crippen LogP contribution in [0.5, 0.6) is 0 Å². The summed E-state index contributed by atoms with van der Waals surface area (Å²) < 4.78 is 54.0. The molecule has 2 amide bonds. The third kappa shape index (κ3) is 23.2. The zero-order chi connectivity index (χ0) is 53.1. The number of aliphatic hydroxyl groups is 4. The number of hydrogen-bond acceptors (Lipinski definition) is 17. The highest BCUT2D eigenvalue weighted by molar-refractivity contribution is 7.99. The molecule has 4 heterocycles. The molecular formula is C43H85F4N7O12S3. The highest BCUT2D eigenvalue weighted by Crippen LogP contribution is 2.40. The number of carboxylic acids is 1. The number of nitrogens with one attached hydrogen (secondary N) is 2. The fraction of sp³-hybridized carbons (Fsp3) is 0.930. The second-order valence-corrected chi connectivity index (χ2v) is 19.1. The van der Waals surface area contributed by atoms with E-state index in [4.69, 9.17) is 35.4 Å². The first kappa shape index (κ1) is 71.3. The first-order chi connectivity index (χ1) is 32.0. The number of azide groups is 1. The Bertz CT molecular complexity index is 1450. The van der Waals surface area contributed by atoms with E-state index in [0.717, 1.165) is 45.2 Å². The van der Waals surface area contributed by atoms with Crippen molar-refractivity contribution in [1.82, 2.24) is 20.4 Å². The lowest BCUT2D eigenvalue weighted by Crippen LogP contribution is -2.64. The van der Waals surface area contributed by atoms with Gasteiger partial charge in [0.25, 0.3) is 0 Å². The number of rotatable bonds is 15. The zero-order valence-electron chi connectivity index (χ0n) is 41.5. The van der Waals surface area contributed by atoms with E-state index in [0.29, 0.717) is 29.6 Å². The van der Waals surface area contributed by atoms with E-state index in [9.17, 15) is 47.1 Å². The number of halogens is 4. The molecule has 19 nitrogen and oxygen atoms in total. The van der Waals surface area contributed by atoms with Gasteiger partial charge in [0.05, 0.1) is 36.9 Å². The predicted octanol–water partition coefficient (Wildman–Crippen LogP) is 6.20. The van der Waals surface area contributed by atoms with E-state index in [1.807, 2.05) is 32.8 Å². The van der Waals surface area contributed by atoms with Gasteiger partial charge in [0.2, 0.25) is 11.8 Å². The van der Waals surface area contributed by atoms with Crippen molar-refractivity contribution in [2.75, 3.05) is 59.1 Å². The van der Waals surface area contributed by atoms with Crippen molar-refractivity contribution >= 4 is 53.5 Å². The molecule has 16 atom stereocenters. The standard InChI is InChI=1S/C20H38N2O3S.C17H31N5O5S.C2HF3O2.C2H6.CH3FS.CH4.H2O2/c1-7-8-15-9-17(22(5)10-15)19(24)21-16(11-23)18-13(3)12(2)14(4)20(25-18)26-6;1-4-5-9-6-11(22(2)8-9)16(26)20-10(7-19-21-18)15-13(24)12(23)14(25)17(27-15)28-3;3-2(4,5)1(6)7;1-2;1-3-2;;1-2/h12-18,20,23H,7-11H2,1-6H3,(H,21,24);9-15,17,23-25H,4-8H2,1-3H3,(H,20,26);(H,6,7);1-2H3;1H3;1H4;1-2H/t12-,13?,14-,15-,16-,17+,18+,20?;9-,10-,11+,12-,13?,14-,15-,17?;;;;;/m11...../s1. The Kier molecular flexibility index (Phi) is 39.1. The summed E-state index contributed by atoms with van der Waals surface area (Å²) in [5.41, 5.74) is 8.04. The molecule has 9 N–H and O–H groups in total. The van der Waals surface area contributed by atoms with Crippen LogP contribution < -0.4 is 10.6 Å². The van der Waals surface area contributed by atoms with Gasteiger partial charge in [0.15, 0.2) is 0 Å². The van der Waals surface area contributed by atoms with E-state index >= 15 is 0 Å². The monoisotopic (exact) mass is 1060 g/mol. The molecule has 26 heteroatoms. The maximum atomic E-state index is 12.9. The number of ether oxygens (including phenoxy) is 2. The zero-order valence-corrected chi connectivity index (χ0v) is 43.9. The Morgan fingerprint density at radius 1 is 0.783 bits per heavy atom. The first-order valence-corrected chi connectivity index (χ1v) is 26.4. The Morgan fingerprint density at radius 2 is 1.19 bits per heavy atom. The molecule has 0 spiro atoms. The molecule has 0 radical (unpaired) electrons. The van der Waals surface area contributed by atoms with Gasteiger partial charge in [-0.05, 0) is 87.4 Å². The van der Waals surface area contributed by atoms with Gasteiger partial charge in [-0.2, -0.15) is 17.1 Å². The topological polar surface area (TPSA) is 291 Å². The third-order valence-electron chi connectivity index (χ3n) is 12.5. The van der Waals surface area contributed by atoms with Crippen LogP contribution in [0.4, 0.5) is 17.1 Å². The predicted molar refractivity (Wildman–Crippen MR) is 265 cm³/mol. The number of amides is 2. The van der Waals surface area contributed by atoms with Crippen LogP contribution in [0.15, 0.2) is 5.11 Å². The number of alkyl halides is 3. The SMILES string of the molecule is C.CC.CCC[C@@H]1C[C@@H](C(=O)N[C@H](CN=[N+]=[N-])[C@H]2OC(SC)[C@H](O)[C@H](O)C2O)N(C)C1.CCC[C@@H]1C[C@@H](C(=O)N[C@H](CO)[C@H]2OC(SC)[C@H](C)[C@H](C)C2C)N(C)C1.CSF.O=C(O)C(F)(F)F.OO. The normalized spacial score (nSPS) is 31.7. The lowest BCUT2D eigenvalue weighted by atomic mass is 9.77. The summed E-state index contributed by atoms with van der Waals surface area (Å²) in [4.78, 5) is 41.6. The molecule has 0 aromatic carbocycles. The van der Waals surface area contributed by atoms with E-state index in [2.05, 4.69) is 66.4 Å². The second-order valence-electron chi connectivity index (χ2n) is 16.9. The fourth-order valence-corrected chi connectivity index (χ4v) is 10.4. The maximum Gasteiger partial charge on any atom is 0.490 e. The van der Waals surface area contributed by atoms with Crippen molar-refractivity contribution in [3.63, 3.8) is 0 Å². The number of thioether (sulfide) groups is 2. The quantitative estimate of drug-likeness (QED) is 0.0220. The van der Waals surface area contributed by atoms with Crippen LogP contribution in [0.2, 0.25) is 0 Å². The number of aliphatic carboxylic acids is 1. The number of hydrogen-bond donors (Lipinski definition) is 9. The Labute approximate surface area is 419 Å². The van der Waals surface area contributed by atoms with Crippen LogP contribution in [0.3, 0.4) is 0 Å². The van der Waals surface area contributed by atoms with Crippen molar-refractivity contribution in [3.05, 3.63) is 10.4 Å². The maximum absolute atomic E-state index is 12.9. The molecule has 0 aliphatic carbocycles. The van der Waals surface area contributed by atoms with Gasteiger partial charge in [-0.25, -0.2) is 4.79 Å². The number of carbonyl (C=O) groups excluding carboxylic acids is 2. The Balaban J connectivity index is -0.000000985. The molecule has 4 rings (SSSR count). The van der Waals surface area contributed by atoms with Gasteiger partial charge >= 0.3 is 12.1 Å². The second kappa shape index (κ2) is 37.8. The molecule has 4 fully saturated rings. The minimum Gasteiger partial charge on any atom is -0.475 e. The first-order valence-electron chi connectivity index (χ1n) is 22.7. The molecule has 0 aromatic rings. The number of carboxylic acid groups (broad SMARTS) is 1. The van der Waals surface area contributed by atoms with E-state index in [-0.39, 0.29) is 74.2 Å². The average Bonchev–Trinajstić information content (AvgIpc) is 3.88. The summed E-state index contributed by atoms with van der Waals surface area (Å²) in [6.07, 6.45) is 0.899. The number of likely N-dealkylation sites (tertiary alicyclic amines) is 2. The van der Waals surface area contributed by atoms with Crippen LogP contribution in [0.1, 0.15) is 94.4 Å². The van der Waals surface area contributed by atoms with Crippen LogP contribution in [-0.2, 0) is 23.9 Å². The molecule has 4 aliphatic heterocycles. The molecule has 0 bridgehead atoms. The van der Waals surface area contributed by atoms with Crippen molar-refractivity contribution < 1.29 is 77.0 Å². The van der Waals surface area contributed by atoms with Crippen LogP contribution in [-0.4, -0.2) is 194 Å². The molecular weight excluding hydrogens is 979 g/mol. The number of likely N-dealkylation sites (N-methyl/N-ethyl adjacent to an activating group) is 2.